The minimum Gasteiger partial charge on any atom is -0.375 e. The molecule has 0 radical (unpaired) electrons. The molecule has 0 saturated heterocycles. The van der Waals surface area contributed by atoms with Gasteiger partial charge in [0.15, 0.2) is 5.13 Å². The van der Waals surface area contributed by atoms with Crippen molar-refractivity contribution < 1.29 is 0 Å². The van der Waals surface area contributed by atoms with Crippen LogP contribution < -0.4 is 5.73 Å². The summed E-state index contributed by atoms with van der Waals surface area (Å²) in [5.74, 6) is 0. The number of anilines is 1. The molecule has 0 atom stereocenters. The van der Waals surface area contributed by atoms with Crippen molar-refractivity contribution in [3.8, 4) is 0 Å². The lowest BCUT2D eigenvalue weighted by atomic mass is 9.91. The van der Waals surface area contributed by atoms with E-state index in [1.807, 2.05) is 0 Å². The summed E-state index contributed by atoms with van der Waals surface area (Å²) >= 11 is 1.59. The molecule has 0 saturated carbocycles. The molecule has 14 heavy (non-hydrogen) atoms. The zero-order valence-electron chi connectivity index (χ0n) is 7.92. The number of hydrogen-bond acceptors (Lipinski definition) is 3. The van der Waals surface area contributed by atoms with Gasteiger partial charge < -0.3 is 5.73 Å². The largest absolute Gasteiger partial charge is 0.375 e. The minimum atomic E-state index is 0.693. The lowest BCUT2D eigenvalue weighted by Gasteiger charge is -2.15. The van der Waals surface area contributed by atoms with Crippen LogP contribution in [-0.4, -0.2) is 4.98 Å². The maximum atomic E-state index is 5.73. The Morgan fingerprint density at radius 2 is 2.07 bits per heavy atom. The number of hydrogen-bond donors (Lipinski definition) is 1. The average molecular weight is 204 g/mol. The van der Waals surface area contributed by atoms with Crippen molar-refractivity contribution in [3.63, 3.8) is 0 Å². The Hall–Kier alpha value is -1.09. The summed E-state index contributed by atoms with van der Waals surface area (Å²) in [6, 6.07) is 4.40. The fourth-order valence-electron chi connectivity index (χ4n) is 2.24. The molecular weight excluding hydrogens is 192 g/mol. The summed E-state index contributed by atoms with van der Waals surface area (Å²) in [5.41, 5.74) is 9.81. The number of thiazole rings is 1. The van der Waals surface area contributed by atoms with Crippen LogP contribution in [0.25, 0.3) is 10.2 Å². The summed E-state index contributed by atoms with van der Waals surface area (Å²) < 4.78 is 1.24. The second kappa shape index (κ2) is 2.95. The standard InChI is InChI=1S/C11H12N2S/c12-11-13-10-8-4-2-1-3-7(8)5-6-9(10)14-11/h5-6H,1-4H2,(H2,12,13). The predicted octanol–water partition coefficient (Wildman–Crippen LogP) is 2.76. The predicted molar refractivity (Wildman–Crippen MR) is 60.7 cm³/mol. The lowest BCUT2D eigenvalue weighted by molar-refractivity contribution is 0.689. The monoisotopic (exact) mass is 204 g/mol. The van der Waals surface area contributed by atoms with E-state index in [2.05, 4.69) is 17.1 Å². The third-order valence-electron chi connectivity index (χ3n) is 2.90. The van der Waals surface area contributed by atoms with Gasteiger partial charge in [-0.1, -0.05) is 17.4 Å². The van der Waals surface area contributed by atoms with E-state index in [9.17, 15) is 0 Å². The van der Waals surface area contributed by atoms with Crippen LogP contribution in [0.2, 0.25) is 0 Å². The minimum absolute atomic E-state index is 0.693. The van der Waals surface area contributed by atoms with Crippen molar-refractivity contribution in [1.29, 1.82) is 0 Å². The maximum absolute atomic E-state index is 5.73. The number of aromatic nitrogens is 1. The normalized spacial score (nSPS) is 15.7. The molecule has 0 unspecified atom stereocenters. The fraction of sp³-hybridized carbons (Fsp3) is 0.364. The summed E-state index contributed by atoms with van der Waals surface area (Å²) in [5, 5.41) is 0.693. The van der Waals surface area contributed by atoms with Crippen LogP contribution in [0.5, 0.6) is 0 Å². The van der Waals surface area contributed by atoms with Crippen LogP contribution in [0.4, 0.5) is 5.13 Å². The molecule has 0 fully saturated rings. The molecule has 0 bridgehead atoms. The number of fused-ring (bicyclic) bond motifs is 3. The SMILES string of the molecule is Nc1nc2c3c(ccc2s1)CCCC3. The number of aryl methyl sites for hydroxylation is 2. The summed E-state index contributed by atoms with van der Waals surface area (Å²) in [7, 11) is 0. The molecule has 1 heterocycles. The van der Waals surface area contributed by atoms with Crippen molar-refractivity contribution in [1.82, 2.24) is 4.98 Å². The van der Waals surface area contributed by atoms with Gasteiger partial charge in [-0.3, -0.25) is 0 Å². The van der Waals surface area contributed by atoms with Crippen LogP contribution in [-0.2, 0) is 12.8 Å². The third-order valence-corrected chi connectivity index (χ3v) is 3.75. The van der Waals surface area contributed by atoms with Gasteiger partial charge in [0.05, 0.1) is 10.2 Å². The number of nitrogens with two attached hydrogens (primary N) is 1. The van der Waals surface area contributed by atoms with Crippen molar-refractivity contribution in [3.05, 3.63) is 23.3 Å². The molecule has 72 valence electrons. The molecule has 3 rings (SSSR count). The van der Waals surface area contributed by atoms with Crippen LogP contribution in [0, 0.1) is 0 Å². The van der Waals surface area contributed by atoms with Crippen LogP contribution >= 0.6 is 11.3 Å². The van der Waals surface area contributed by atoms with E-state index in [1.165, 1.54) is 41.5 Å². The van der Waals surface area contributed by atoms with Gasteiger partial charge in [0.2, 0.25) is 0 Å². The Bertz CT molecular complexity index is 487. The molecule has 1 aromatic heterocycles. The zero-order valence-corrected chi connectivity index (χ0v) is 8.73. The quantitative estimate of drug-likeness (QED) is 0.716. The highest BCUT2D eigenvalue weighted by Crippen LogP contribution is 2.32. The highest BCUT2D eigenvalue weighted by atomic mass is 32.1. The second-order valence-corrected chi connectivity index (χ2v) is 4.87. The van der Waals surface area contributed by atoms with Crippen molar-refractivity contribution >= 4 is 26.7 Å². The molecule has 1 aliphatic carbocycles. The Balaban J connectivity index is 2.33. The molecule has 1 aromatic carbocycles. The summed E-state index contributed by atoms with van der Waals surface area (Å²) in [6.07, 6.45) is 5.00. The topological polar surface area (TPSA) is 38.9 Å². The van der Waals surface area contributed by atoms with Crippen LogP contribution in [0.1, 0.15) is 24.0 Å². The van der Waals surface area contributed by atoms with E-state index in [1.54, 1.807) is 11.3 Å². The van der Waals surface area contributed by atoms with E-state index in [4.69, 9.17) is 5.73 Å². The number of nitrogens with zero attached hydrogens (tertiary/aromatic N) is 1. The van der Waals surface area contributed by atoms with Crippen molar-refractivity contribution in [2.24, 2.45) is 0 Å². The average Bonchev–Trinajstić information content (AvgIpc) is 2.59. The molecular formula is C11H12N2S. The number of rotatable bonds is 0. The highest BCUT2D eigenvalue weighted by molar-refractivity contribution is 7.22. The van der Waals surface area contributed by atoms with Gasteiger partial charge in [-0.25, -0.2) is 4.98 Å². The first-order valence-corrected chi connectivity index (χ1v) is 5.83. The van der Waals surface area contributed by atoms with E-state index < -0.39 is 0 Å². The fourth-order valence-corrected chi connectivity index (χ4v) is 3.00. The summed E-state index contributed by atoms with van der Waals surface area (Å²) in [6.45, 7) is 0. The molecule has 3 heteroatoms. The first kappa shape index (κ1) is 8.24. The Morgan fingerprint density at radius 1 is 1.21 bits per heavy atom. The van der Waals surface area contributed by atoms with Crippen LogP contribution in [0.3, 0.4) is 0 Å². The maximum Gasteiger partial charge on any atom is 0.181 e. The first-order valence-electron chi connectivity index (χ1n) is 5.01. The van der Waals surface area contributed by atoms with Gasteiger partial charge in [-0.05, 0) is 42.9 Å². The van der Waals surface area contributed by atoms with Gasteiger partial charge in [0.1, 0.15) is 0 Å². The van der Waals surface area contributed by atoms with E-state index in [0.29, 0.717) is 5.13 Å². The molecule has 2 N–H and O–H groups in total. The van der Waals surface area contributed by atoms with E-state index >= 15 is 0 Å². The van der Waals surface area contributed by atoms with Gasteiger partial charge >= 0.3 is 0 Å². The van der Waals surface area contributed by atoms with Gasteiger partial charge in [-0.15, -0.1) is 0 Å². The molecule has 2 nitrogen and oxygen atoms in total. The van der Waals surface area contributed by atoms with Gasteiger partial charge in [0.25, 0.3) is 0 Å². The number of nitrogen functional groups attached to an aromatic ring is 1. The van der Waals surface area contributed by atoms with E-state index in [-0.39, 0.29) is 0 Å². The Labute approximate surface area is 86.8 Å². The third kappa shape index (κ3) is 1.12. The first-order chi connectivity index (χ1) is 6.84. The lowest BCUT2D eigenvalue weighted by Crippen LogP contribution is -2.02. The highest BCUT2D eigenvalue weighted by Gasteiger charge is 2.14. The van der Waals surface area contributed by atoms with Crippen molar-refractivity contribution in [2.45, 2.75) is 25.7 Å². The van der Waals surface area contributed by atoms with E-state index in [0.717, 1.165) is 5.52 Å². The molecule has 1 aliphatic rings. The van der Waals surface area contributed by atoms with Gasteiger partial charge in [-0.2, -0.15) is 0 Å². The Morgan fingerprint density at radius 3 is 3.00 bits per heavy atom. The summed E-state index contributed by atoms with van der Waals surface area (Å²) in [4.78, 5) is 4.42. The number of benzene rings is 1. The van der Waals surface area contributed by atoms with Crippen LogP contribution in [0.15, 0.2) is 12.1 Å². The smallest absolute Gasteiger partial charge is 0.181 e. The molecule has 2 aromatic rings. The van der Waals surface area contributed by atoms with Gasteiger partial charge in [0, 0.05) is 0 Å². The molecule has 0 amide bonds. The van der Waals surface area contributed by atoms with Crippen molar-refractivity contribution in [2.75, 3.05) is 5.73 Å². The second-order valence-electron chi connectivity index (χ2n) is 3.81. The zero-order chi connectivity index (χ0) is 9.54. The Kier molecular flexibility index (Phi) is 1.74. The molecule has 0 aliphatic heterocycles. The molecule has 0 spiro atoms.